The largest absolute Gasteiger partial charge is 0.481 e. The maximum atomic E-state index is 14.5. The molecule has 41 heavy (non-hydrogen) atoms. The number of benzene rings is 1. The molecule has 6 N–H and O–H groups in total. The number of likely N-dealkylation sites (N-methyl/N-ethyl adjacent to an activating group) is 1. The summed E-state index contributed by atoms with van der Waals surface area (Å²) in [6.07, 6.45) is 5.51. The molecule has 2 aromatic rings. The highest BCUT2D eigenvalue weighted by atomic mass is 19.1. The van der Waals surface area contributed by atoms with Crippen LogP contribution in [0.15, 0.2) is 36.5 Å². The Kier molecular flexibility index (Phi) is 9.38. The molecular weight excluding hydrogens is 533 g/mol. The molecule has 0 radical (unpaired) electrons. The number of aryl methyl sites for hydroxylation is 1. The van der Waals surface area contributed by atoms with E-state index >= 15 is 0 Å². The number of hydrogen-bond acceptors (Lipinski definition) is 9. The van der Waals surface area contributed by atoms with Crippen molar-refractivity contribution in [3.63, 3.8) is 0 Å². The molecule has 2 aliphatic carbocycles. The number of allylic oxidation sites excluding steroid dienone is 1. The number of amides is 1. The topological polar surface area (TPSA) is 174 Å². The second kappa shape index (κ2) is 12.9. The summed E-state index contributed by atoms with van der Waals surface area (Å²) in [4.78, 5) is 44.4. The SMILES string of the molecule is Cc1cc(Nc2ncc(F)c(NC3C4C=CC(C4)C3C(N)=O)n2)ccc1N1CCN(C)CC1.O=C(O)CCC(=O)O. The number of nitrogens with two attached hydrogens (primary N) is 1. The molecule has 220 valence electrons. The van der Waals surface area contributed by atoms with Gasteiger partial charge in [0.1, 0.15) is 0 Å². The van der Waals surface area contributed by atoms with Gasteiger partial charge in [-0.3, -0.25) is 14.4 Å². The van der Waals surface area contributed by atoms with Crippen LogP contribution < -0.4 is 21.3 Å². The minimum absolute atomic E-state index is 0.0791. The lowest BCUT2D eigenvalue weighted by molar-refractivity contribution is -0.143. The van der Waals surface area contributed by atoms with E-state index in [0.29, 0.717) is 5.95 Å². The number of aliphatic carboxylic acids is 2. The van der Waals surface area contributed by atoms with Crippen LogP contribution >= 0.6 is 0 Å². The van der Waals surface area contributed by atoms with Crippen molar-refractivity contribution in [1.29, 1.82) is 0 Å². The number of primary amides is 1. The number of anilines is 4. The van der Waals surface area contributed by atoms with Crippen LogP contribution in [-0.4, -0.2) is 82.2 Å². The van der Waals surface area contributed by atoms with Crippen molar-refractivity contribution in [2.45, 2.75) is 32.2 Å². The summed E-state index contributed by atoms with van der Waals surface area (Å²) >= 11 is 0. The zero-order valence-electron chi connectivity index (χ0n) is 23.1. The maximum absolute atomic E-state index is 14.5. The summed E-state index contributed by atoms with van der Waals surface area (Å²) in [5, 5.41) is 22.1. The lowest BCUT2D eigenvalue weighted by atomic mass is 9.88. The summed E-state index contributed by atoms with van der Waals surface area (Å²) in [6, 6.07) is 5.88. The van der Waals surface area contributed by atoms with E-state index in [2.05, 4.69) is 62.6 Å². The van der Waals surface area contributed by atoms with Gasteiger partial charge in [0.15, 0.2) is 11.6 Å². The van der Waals surface area contributed by atoms with E-state index in [1.807, 2.05) is 12.1 Å². The van der Waals surface area contributed by atoms with E-state index in [-0.39, 0.29) is 48.4 Å². The molecule has 0 spiro atoms. The molecule has 13 heteroatoms. The smallest absolute Gasteiger partial charge is 0.303 e. The number of halogens is 1. The molecule has 1 aromatic carbocycles. The van der Waals surface area contributed by atoms with E-state index in [0.717, 1.165) is 50.0 Å². The Labute approximate surface area is 237 Å². The number of aromatic nitrogens is 2. The third kappa shape index (κ3) is 7.48. The average Bonchev–Trinajstić information content (AvgIpc) is 3.53. The zero-order valence-corrected chi connectivity index (χ0v) is 23.1. The summed E-state index contributed by atoms with van der Waals surface area (Å²) in [6.45, 7) is 6.20. The van der Waals surface area contributed by atoms with Crippen LogP contribution in [0, 0.1) is 30.5 Å². The quantitative estimate of drug-likeness (QED) is 0.281. The van der Waals surface area contributed by atoms with Gasteiger partial charge in [0.05, 0.1) is 25.0 Å². The van der Waals surface area contributed by atoms with Crippen LogP contribution in [0.2, 0.25) is 0 Å². The summed E-state index contributed by atoms with van der Waals surface area (Å²) in [7, 11) is 2.14. The van der Waals surface area contributed by atoms with Gasteiger partial charge in [0, 0.05) is 43.6 Å². The molecule has 1 amide bonds. The summed E-state index contributed by atoms with van der Waals surface area (Å²) < 4.78 is 14.5. The predicted molar refractivity (Wildman–Crippen MR) is 151 cm³/mol. The first-order chi connectivity index (χ1) is 19.5. The Bertz CT molecular complexity index is 1300. The Morgan fingerprint density at radius 1 is 1.07 bits per heavy atom. The van der Waals surface area contributed by atoms with Gasteiger partial charge >= 0.3 is 11.9 Å². The third-order valence-corrected chi connectivity index (χ3v) is 7.68. The van der Waals surface area contributed by atoms with Gasteiger partial charge in [-0.05, 0) is 56.0 Å². The van der Waals surface area contributed by atoms with Gasteiger partial charge in [0.25, 0.3) is 0 Å². The maximum Gasteiger partial charge on any atom is 0.303 e. The van der Waals surface area contributed by atoms with E-state index in [1.54, 1.807) is 0 Å². The van der Waals surface area contributed by atoms with Gasteiger partial charge < -0.3 is 36.4 Å². The predicted octanol–water partition coefficient (Wildman–Crippen LogP) is 2.44. The standard InChI is InChI=1S/C24H30FN7O.C4H6O4/c1-14-11-17(5-6-19(14)32-9-7-31(2)8-10-32)28-24-27-13-18(25)23(30-24)29-21-16-4-3-15(12-16)20(21)22(26)33;5-3(6)1-2-4(7)8/h3-6,11,13,15-16,20-21H,7-10,12H2,1-2H3,(H2,26,33)(H2,27,28,29,30);1-2H2,(H,5,6)(H,7,8). The van der Waals surface area contributed by atoms with E-state index < -0.39 is 17.8 Å². The highest BCUT2D eigenvalue weighted by Gasteiger charge is 2.47. The van der Waals surface area contributed by atoms with Crippen LogP contribution in [0.3, 0.4) is 0 Å². The lowest BCUT2D eigenvalue weighted by Gasteiger charge is -2.35. The van der Waals surface area contributed by atoms with E-state index in [1.165, 1.54) is 5.69 Å². The fraction of sp³-hybridized carbons (Fsp3) is 0.464. The van der Waals surface area contributed by atoms with Gasteiger partial charge in [-0.1, -0.05) is 12.2 Å². The van der Waals surface area contributed by atoms with Crippen LogP contribution in [-0.2, 0) is 14.4 Å². The number of hydrogen-bond donors (Lipinski definition) is 5. The Hall–Kier alpha value is -4.26. The molecule has 3 aliphatic rings. The number of carboxylic acid groups (broad SMARTS) is 2. The summed E-state index contributed by atoms with van der Waals surface area (Å²) in [5.41, 5.74) is 8.84. The normalized spacial score (nSPS) is 23.0. The van der Waals surface area contributed by atoms with Crippen molar-refractivity contribution in [2.75, 3.05) is 48.8 Å². The molecular formula is C28H36FN7O5. The van der Waals surface area contributed by atoms with Crippen LogP contribution in [0.4, 0.5) is 27.5 Å². The summed E-state index contributed by atoms with van der Waals surface area (Å²) in [5.74, 6) is -2.83. The first-order valence-corrected chi connectivity index (χ1v) is 13.5. The minimum atomic E-state index is -1.08. The Balaban J connectivity index is 0.000000426. The van der Waals surface area contributed by atoms with Gasteiger partial charge in [-0.15, -0.1) is 0 Å². The molecule has 1 saturated carbocycles. The van der Waals surface area contributed by atoms with Gasteiger partial charge in [0.2, 0.25) is 11.9 Å². The molecule has 4 atom stereocenters. The minimum Gasteiger partial charge on any atom is -0.481 e. The second-order valence-electron chi connectivity index (χ2n) is 10.6. The lowest BCUT2D eigenvalue weighted by Crippen LogP contribution is -2.44. The number of fused-ring (bicyclic) bond motifs is 2. The molecule has 1 saturated heterocycles. The van der Waals surface area contributed by atoms with Crippen molar-refractivity contribution >= 4 is 41.0 Å². The third-order valence-electron chi connectivity index (χ3n) is 7.68. The monoisotopic (exact) mass is 569 g/mol. The van der Waals surface area contributed by atoms with Gasteiger partial charge in [-0.25, -0.2) is 9.37 Å². The Morgan fingerprint density at radius 2 is 1.73 bits per heavy atom. The molecule has 4 unspecified atom stereocenters. The average molecular weight is 570 g/mol. The number of nitrogens with zero attached hydrogens (tertiary/aromatic N) is 4. The highest BCUT2D eigenvalue weighted by Crippen LogP contribution is 2.45. The second-order valence-corrected chi connectivity index (χ2v) is 10.6. The van der Waals surface area contributed by atoms with Crippen molar-refractivity contribution in [3.05, 3.63) is 47.9 Å². The van der Waals surface area contributed by atoms with Crippen molar-refractivity contribution in [1.82, 2.24) is 14.9 Å². The van der Waals surface area contributed by atoms with Crippen LogP contribution in [0.5, 0.6) is 0 Å². The Morgan fingerprint density at radius 3 is 2.34 bits per heavy atom. The first kappa shape index (κ1) is 29.7. The first-order valence-electron chi connectivity index (χ1n) is 13.5. The molecule has 2 fully saturated rings. The highest BCUT2D eigenvalue weighted by molar-refractivity contribution is 5.80. The molecule has 1 aliphatic heterocycles. The number of carboxylic acids is 2. The van der Waals surface area contributed by atoms with Crippen LogP contribution in [0.25, 0.3) is 0 Å². The number of rotatable bonds is 9. The number of carbonyl (C=O) groups is 3. The molecule has 5 rings (SSSR count). The molecule has 1 aromatic heterocycles. The molecule has 2 bridgehead atoms. The fourth-order valence-electron chi connectivity index (χ4n) is 5.57. The molecule has 12 nitrogen and oxygen atoms in total. The fourth-order valence-corrected chi connectivity index (χ4v) is 5.57. The van der Waals surface area contributed by atoms with Crippen LogP contribution in [0.1, 0.15) is 24.8 Å². The number of carbonyl (C=O) groups excluding carboxylic acids is 1. The van der Waals surface area contributed by atoms with Crippen molar-refractivity contribution < 1.29 is 29.0 Å². The van der Waals surface area contributed by atoms with E-state index in [4.69, 9.17) is 15.9 Å². The zero-order chi connectivity index (χ0) is 29.7. The molecule has 2 heterocycles. The van der Waals surface area contributed by atoms with Gasteiger partial charge in [-0.2, -0.15) is 4.98 Å². The van der Waals surface area contributed by atoms with Crippen molar-refractivity contribution in [3.8, 4) is 0 Å². The van der Waals surface area contributed by atoms with E-state index in [9.17, 15) is 18.8 Å². The number of piperazine rings is 1. The number of nitrogens with one attached hydrogen (secondary N) is 2. The van der Waals surface area contributed by atoms with Crippen molar-refractivity contribution in [2.24, 2.45) is 23.5 Å².